The summed E-state index contributed by atoms with van der Waals surface area (Å²) in [7, 11) is 0. The zero-order valence-corrected chi connectivity index (χ0v) is 12.5. The Bertz CT molecular complexity index is 545. The zero-order chi connectivity index (χ0) is 15.1. The number of ether oxygens (including phenoxy) is 1. The van der Waals surface area contributed by atoms with E-state index in [4.69, 9.17) is 10.5 Å². The third kappa shape index (κ3) is 5.04. The second kappa shape index (κ2) is 7.59. The lowest BCUT2D eigenvalue weighted by molar-refractivity contribution is 0.232. The van der Waals surface area contributed by atoms with Crippen LogP contribution in [0.1, 0.15) is 19.4 Å². The van der Waals surface area contributed by atoms with Gasteiger partial charge in [-0.15, -0.1) is 0 Å². The van der Waals surface area contributed by atoms with Crippen molar-refractivity contribution in [2.45, 2.75) is 32.4 Å². The molecule has 5 nitrogen and oxygen atoms in total. The van der Waals surface area contributed by atoms with Crippen LogP contribution in [0.2, 0.25) is 0 Å². The molecule has 0 aliphatic carbocycles. The summed E-state index contributed by atoms with van der Waals surface area (Å²) >= 11 is 0. The van der Waals surface area contributed by atoms with E-state index in [0.717, 1.165) is 6.42 Å². The maximum Gasteiger partial charge on any atom is 0.234 e. The Balaban J connectivity index is 2.01. The van der Waals surface area contributed by atoms with E-state index >= 15 is 0 Å². The molecule has 0 aliphatic heterocycles. The van der Waals surface area contributed by atoms with Crippen LogP contribution >= 0.6 is 0 Å². The molecule has 1 aromatic carbocycles. The maximum atomic E-state index is 5.85. The highest BCUT2D eigenvalue weighted by molar-refractivity contribution is 5.35. The van der Waals surface area contributed by atoms with E-state index in [1.807, 2.05) is 32.0 Å². The van der Waals surface area contributed by atoms with Gasteiger partial charge in [-0.3, -0.25) is 4.98 Å². The number of benzene rings is 1. The van der Waals surface area contributed by atoms with Crippen LogP contribution in [-0.4, -0.2) is 28.7 Å². The lowest BCUT2D eigenvalue weighted by Crippen LogP contribution is -2.31. The van der Waals surface area contributed by atoms with Gasteiger partial charge in [-0.05, 0) is 25.8 Å². The molecular weight excluding hydrogens is 264 g/mol. The summed E-state index contributed by atoms with van der Waals surface area (Å²) in [5.74, 6) is 1.20. The molecular formula is C16H22N4O. The van der Waals surface area contributed by atoms with Crippen molar-refractivity contribution in [3.05, 3.63) is 48.3 Å². The Kier molecular flexibility index (Phi) is 5.51. The molecule has 0 saturated carbocycles. The summed E-state index contributed by atoms with van der Waals surface area (Å²) in [5.41, 5.74) is 7.08. The standard InChI is InChI=1S/C16H22N4O/c1-12(2)21-16-11-18-10-15(20-16)19-14(9-17)8-13-6-4-3-5-7-13/h3-7,10-12,14H,8-9,17H2,1-2H3,(H,19,20). The van der Waals surface area contributed by atoms with Gasteiger partial charge in [0.2, 0.25) is 5.88 Å². The second-order valence-corrected chi connectivity index (χ2v) is 5.18. The Hall–Kier alpha value is -2.14. The summed E-state index contributed by atoms with van der Waals surface area (Å²) in [6.45, 7) is 4.44. The Labute approximate surface area is 125 Å². The molecule has 0 amide bonds. The minimum absolute atomic E-state index is 0.0733. The summed E-state index contributed by atoms with van der Waals surface area (Å²) < 4.78 is 5.54. The summed E-state index contributed by atoms with van der Waals surface area (Å²) in [4.78, 5) is 8.53. The lowest BCUT2D eigenvalue weighted by Gasteiger charge is -2.18. The Morgan fingerprint density at radius 3 is 2.62 bits per heavy atom. The molecule has 2 aromatic rings. The maximum absolute atomic E-state index is 5.85. The molecule has 1 aromatic heterocycles. The van der Waals surface area contributed by atoms with Crippen molar-refractivity contribution in [3.63, 3.8) is 0 Å². The van der Waals surface area contributed by atoms with Crippen LogP contribution in [-0.2, 0) is 6.42 Å². The van der Waals surface area contributed by atoms with Gasteiger partial charge in [0.1, 0.15) is 5.82 Å². The van der Waals surface area contributed by atoms with Gasteiger partial charge in [0.15, 0.2) is 0 Å². The SMILES string of the molecule is CC(C)Oc1cncc(NC(CN)Cc2ccccc2)n1. The fourth-order valence-electron chi connectivity index (χ4n) is 2.02. The van der Waals surface area contributed by atoms with Gasteiger partial charge in [0.25, 0.3) is 0 Å². The predicted molar refractivity (Wildman–Crippen MR) is 84.4 cm³/mol. The largest absolute Gasteiger partial charge is 0.474 e. The highest BCUT2D eigenvalue weighted by Gasteiger charge is 2.09. The van der Waals surface area contributed by atoms with Crippen LogP contribution in [0.15, 0.2) is 42.7 Å². The van der Waals surface area contributed by atoms with Crippen LogP contribution in [0.3, 0.4) is 0 Å². The molecule has 0 saturated heterocycles. The van der Waals surface area contributed by atoms with E-state index in [-0.39, 0.29) is 12.1 Å². The number of anilines is 1. The number of hydrogen-bond donors (Lipinski definition) is 2. The van der Waals surface area contributed by atoms with Crippen LogP contribution in [0.25, 0.3) is 0 Å². The van der Waals surface area contributed by atoms with Gasteiger partial charge < -0.3 is 15.8 Å². The first kappa shape index (κ1) is 15.3. The number of nitrogens with one attached hydrogen (secondary N) is 1. The molecule has 1 heterocycles. The first-order chi connectivity index (χ1) is 10.2. The van der Waals surface area contributed by atoms with Crippen LogP contribution in [0, 0.1) is 0 Å². The van der Waals surface area contributed by atoms with Gasteiger partial charge in [-0.25, -0.2) is 0 Å². The van der Waals surface area contributed by atoms with Crippen molar-refractivity contribution in [1.82, 2.24) is 9.97 Å². The normalized spacial score (nSPS) is 12.2. The first-order valence-electron chi connectivity index (χ1n) is 7.16. The van der Waals surface area contributed by atoms with Crippen molar-refractivity contribution < 1.29 is 4.74 Å². The number of nitrogens with zero attached hydrogens (tertiary/aromatic N) is 2. The molecule has 0 bridgehead atoms. The zero-order valence-electron chi connectivity index (χ0n) is 12.5. The van der Waals surface area contributed by atoms with Gasteiger partial charge in [-0.2, -0.15) is 4.98 Å². The van der Waals surface area contributed by atoms with Gasteiger partial charge in [0.05, 0.1) is 18.5 Å². The minimum atomic E-state index is 0.0733. The highest BCUT2D eigenvalue weighted by atomic mass is 16.5. The van der Waals surface area contributed by atoms with Crippen LogP contribution in [0.4, 0.5) is 5.82 Å². The molecule has 2 rings (SSSR count). The molecule has 5 heteroatoms. The lowest BCUT2D eigenvalue weighted by atomic mass is 10.1. The van der Waals surface area contributed by atoms with Gasteiger partial charge >= 0.3 is 0 Å². The Morgan fingerprint density at radius 1 is 1.19 bits per heavy atom. The molecule has 112 valence electrons. The average Bonchev–Trinajstić information content (AvgIpc) is 2.47. The highest BCUT2D eigenvalue weighted by Crippen LogP contribution is 2.13. The number of nitrogens with two attached hydrogens (primary N) is 1. The van der Waals surface area contributed by atoms with Crippen molar-refractivity contribution in [2.75, 3.05) is 11.9 Å². The molecule has 3 N–H and O–H groups in total. The summed E-state index contributed by atoms with van der Waals surface area (Å²) in [6, 6.07) is 10.4. The molecule has 0 aliphatic rings. The predicted octanol–water partition coefficient (Wildman–Crippen LogP) is 2.25. The van der Waals surface area contributed by atoms with Gasteiger partial charge in [0, 0.05) is 12.6 Å². The van der Waals surface area contributed by atoms with Gasteiger partial charge in [-0.1, -0.05) is 30.3 Å². The van der Waals surface area contributed by atoms with Crippen molar-refractivity contribution in [2.24, 2.45) is 5.73 Å². The topological polar surface area (TPSA) is 73.1 Å². The second-order valence-electron chi connectivity index (χ2n) is 5.18. The first-order valence-corrected chi connectivity index (χ1v) is 7.16. The number of rotatable bonds is 7. The fourth-order valence-corrected chi connectivity index (χ4v) is 2.02. The van der Waals surface area contributed by atoms with E-state index in [9.17, 15) is 0 Å². The quantitative estimate of drug-likeness (QED) is 0.816. The Morgan fingerprint density at radius 2 is 1.95 bits per heavy atom. The molecule has 1 atom stereocenters. The van der Waals surface area contributed by atoms with E-state index in [0.29, 0.717) is 18.2 Å². The van der Waals surface area contributed by atoms with Crippen molar-refractivity contribution in [3.8, 4) is 5.88 Å². The molecule has 0 spiro atoms. The summed E-state index contributed by atoms with van der Waals surface area (Å²) in [5, 5.41) is 3.31. The molecule has 21 heavy (non-hydrogen) atoms. The molecule has 0 fully saturated rings. The van der Waals surface area contributed by atoms with E-state index in [1.165, 1.54) is 5.56 Å². The van der Waals surface area contributed by atoms with Crippen molar-refractivity contribution in [1.29, 1.82) is 0 Å². The minimum Gasteiger partial charge on any atom is -0.474 e. The summed E-state index contributed by atoms with van der Waals surface area (Å²) in [6.07, 6.45) is 4.21. The van der Waals surface area contributed by atoms with Crippen LogP contribution in [0.5, 0.6) is 5.88 Å². The van der Waals surface area contributed by atoms with E-state index in [2.05, 4.69) is 27.4 Å². The molecule has 1 unspecified atom stereocenters. The monoisotopic (exact) mass is 286 g/mol. The number of aromatic nitrogens is 2. The molecule has 0 radical (unpaired) electrons. The third-order valence-corrected chi connectivity index (χ3v) is 2.93. The van der Waals surface area contributed by atoms with E-state index in [1.54, 1.807) is 12.4 Å². The van der Waals surface area contributed by atoms with Crippen LogP contribution < -0.4 is 15.8 Å². The fraction of sp³-hybridized carbons (Fsp3) is 0.375. The van der Waals surface area contributed by atoms with E-state index < -0.39 is 0 Å². The average molecular weight is 286 g/mol. The smallest absolute Gasteiger partial charge is 0.234 e. The van der Waals surface area contributed by atoms with Crippen molar-refractivity contribution >= 4 is 5.82 Å². The third-order valence-electron chi connectivity index (χ3n) is 2.93. The number of hydrogen-bond acceptors (Lipinski definition) is 5.